The molecule has 0 aromatic heterocycles. The summed E-state index contributed by atoms with van der Waals surface area (Å²) in [6, 6.07) is 3.27. The minimum atomic E-state index is -0.478. The van der Waals surface area contributed by atoms with Gasteiger partial charge in [0.2, 0.25) is 0 Å². The Morgan fingerprint density at radius 3 is 2.38 bits per heavy atom. The lowest BCUT2D eigenvalue weighted by molar-refractivity contribution is 0.195. The van der Waals surface area contributed by atoms with Gasteiger partial charge in [-0.3, -0.25) is 0 Å². The van der Waals surface area contributed by atoms with Gasteiger partial charge in [-0.1, -0.05) is 13.8 Å². The Balaban J connectivity index is 3.16. The number of hydrogen-bond acceptors (Lipinski definition) is 2. The van der Waals surface area contributed by atoms with Crippen molar-refractivity contribution < 1.29 is 14.2 Å². The summed E-state index contributed by atoms with van der Waals surface area (Å²) in [5, 5.41) is 9.28. The van der Waals surface area contributed by atoms with E-state index in [9.17, 15) is 9.50 Å². The van der Waals surface area contributed by atoms with E-state index >= 15 is 0 Å². The highest BCUT2D eigenvalue weighted by molar-refractivity contribution is 5.41. The number of rotatable bonds is 4. The number of aliphatic hydroxyl groups excluding tert-OH is 1. The summed E-state index contributed by atoms with van der Waals surface area (Å²) in [5.41, 5.74) is 1.35. The van der Waals surface area contributed by atoms with Gasteiger partial charge in [0.1, 0.15) is 11.6 Å². The predicted molar refractivity (Wildman–Crippen MR) is 62.4 cm³/mol. The topological polar surface area (TPSA) is 29.5 Å². The fraction of sp³-hybridized carbons (Fsp3) is 0.538. The molecule has 0 amide bonds. The van der Waals surface area contributed by atoms with Crippen LogP contribution in [0.1, 0.15) is 37.8 Å². The molecular formula is C13H19FO2. The third-order valence-corrected chi connectivity index (χ3v) is 2.48. The highest BCUT2D eigenvalue weighted by Gasteiger charge is 2.15. The van der Waals surface area contributed by atoms with Crippen LogP contribution in [0.3, 0.4) is 0 Å². The molecule has 1 aromatic rings. The maximum atomic E-state index is 13.8. The van der Waals surface area contributed by atoms with Gasteiger partial charge in [0.15, 0.2) is 0 Å². The van der Waals surface area contributed by atoms with Crippen LogP contribution in [-0.2, 0) is 6.42 Å². The lowest BCUT2D eigenvalue weighted by Crippen LogP contribution is -2.06. The van der Waals surface area contributed by atoms with Gasteiger partial charge in [0, 0.05) is 5.56 Å². The van der Waals surface area contributed by atoms with Crippen molar-refractivity contribution in [2.75, 3.05) is 7.11 Å². The Hall–Kier alpha value is -1.09. The Kier molecular flexibility index (Phi) is 4.30. The van der Waals surface area contributed by atoms with Gasteiger partial charge < -0.3 is 9.84 Å². The van der Waals surface area contributed by atoms with Crippen molar-refractivity contribution in [3.05, 3.63) is 29.1 Å². The molecule has 16 heavy (non-hydrogen) atoms. The minimum absolute atomic E-state index is 0.0792. The summed E-state index contributed by atoms with van der Waals surface area (Å²) in [6.45, 7) is 5.53. The van der Waals surface area contributed by atoms with Crippen LogP contribution in [0.2, 0.25) is 0 Å². The van der Waals surface area contributed by atoms with Gasteiger partial charge in [-0.2, -0.15) is 0 Å². The molecule has 1 rings (SSSR count). The molecule has 90 valence electrons. The van der Waals surface area contributed by atoms with E-state index in [4.69, 9.17) is 4.74 Å². The largest absolute Gasteiger partial charge is 0.496 e. The van der Waals surface area contributed by atoms with Crippen molar-refractivity contribution in [3.63, 3.8) is 0 Å². The summed E-state index contributed by atoms with van der Waals surface area (Å²) >= 11 is 0. The summed E-state index contributed by atoms with van der Waals surface area (Å²) < 4.78 is 19.0. The number of aliphatic hydroxyl groups is 1. The summed E-state index contributed by atoms with van der Waals surface area (Å²) in [4.78, 5) is 0. The predicted octanol–water partition coefficient (Wildman–Crippen LogP) is 2.88. The summed E-state index contributed by atoms with van der Waals surface area (Å²) in [6.07, 6.45) is -0.0416. The molecule has 0 aliphatic carbocycles. The van der Waals surface area contributed by atoms with Crippen LogP contribution < -0.4 is 4.74 Å². The monoisotopic (exact) mass is 226 g/mol. The van der Waals surface area contributed by atoms with E-state index in [0.717, 1.165) is 5.56 Å². The van der Waals surface area contributed by atoms with Crippen LogP contribution in [0.15, 0.2) is 12.1 Å². The number of benzene rings is 1. The maximum absolute atomic E-state index is 13.8. The van der Waals surface area contributed by atoms with E-state index in [1.807, 2.05) is 13.8 Å². The first kappa shape index (κ1) is 13.0. The minimum Gasteiger partial charge on any atom is -0.496 e. The molecule has 0 aliphatic rings. The molecule has 0 spiro atoms. The average molecular weight is 226 g/mol. The lowest BCUT2D eigenvalue weighted by Gasteiger charge is -2.15. The second-order valence-electron chi connectivity index (χ2n) is 4.40. The molecule has 1 aromatic carbocycles. The van der Waals surface area contributed by atoms with Crippen molar-refractivity contribution in [3.8, 4) is 5.75 Å². The maximum Gasteiger partial charge on any atom is 0.130 e. The quantitative estimate of drug-likeness (QED) is 0.855. The first-order valence-electron chi connectivity index (χ1n) is 5.50. The smallest absolute Gasteiger partial charge is 0.130 e. The molecule has 3 heteroatoms. The molecule has 0 bridgehead atoms. The van der Waals surface area contributed by atoms with Crippen LogP contribution >= 0.6 is 0 Å². The second kappa shape index (κ2) is 5.30. The zero-order valence-electron chi connectivity index (χ0n) is 10.2. The van der Waals surface area contributed by atoms with Crippen molar-refractivity contribution in [2.45, 2.75) is 39.2 Å². The van der Waals surface area contributed by atoms with Gasteiger partial charge >= 0.3 is 0 Å². The Labute approximate surface area is 96.1 Å². The number of hydrogen-bond donors (Lipinski definition) is 1. The number of ether oxygens (including phenoxy) is 1. The number of methoxy groups -OCH3 is 1. The fourth-order valence-electron chi connectivity index (χ4n) is 1.83. The van der Waals surface area contributed by atoms with Crippen molar-refractivity contribution in [2.24, 2.45) is 0 Å². The Bertz CT molecular complexity index is 359. The van der Waals surface area contributed by atoms with E-state index < -0.39 is 6.10 Å². The normalized spacial score (nSPS) is 12.9. The lowest BCUT2D eigenvalue weighted by atomic mass is 9.97. The average Bonchev–Trinajstić information content (AvgIpc) is 2.14. The molecular weight excluding hydrogens is 207 g/mol. The van der Waals surface area contributed by atoms with Gasteiger partial charge in [-0.25, -0.2) is 4.39 Å². The van der Waals surface area contributed by atoms with Crippen LogP contribution in [0, 0.1) is 5.82 Å². The third-order valence-electron chi connectivity index (χ3n) is 2.48. The molecule has 1 unspecified atom stereocenters. The molecule has 1 N–H and O–H groups in total. The standard InChI is InChI=1S/C13H19FO2/c1-8(2)13-11(14)6-10(5-9(3)15)7-12(13)16-4/h6-9,15H,5H2,1-4H3. The molecule has 0 fully saturated rings. The van der Waals surface area contributed by atoms with Crippen LogP contribution in [0.25, 0.3) is 0 Å². The number of halogens is 1. The fourth-order valence-corrected chi connectivity index (χ4v) is 1.83. The van der Waals surface area contributed by atoms with Gasteiger partial charge in [0.25, 0.3) is 0 Å². The van der Waals surface area contributed by atoms with Crippen LogP contribution in [-0.4, -0.2) is 18.3 Å². The van der Waals surface area contributed by atoms with Gasteiger partial charge in [-0.15, -0.1) is 0 Å². The molecule has 0 aliphatic heterocycles. The van der Waals surface area contributed by atoms with Crippen molar-refractivity contribution in [1.82, 2.24) is 0 Å². The van der Waals surface area contributed by atoms with E-state index in [0.29, 0.717) is 17.7 Å². The highest BCUT2D eigenvalue weighted by atomic mass is 19.1. The first-order chi connectivity index (χ1) is 7.45. The van der Waals surface area contributed by atoms with Gasteiger partial charge in [-0.05, 0) is 37.0 Å². The molecule has 0 heterocycles. The highest BCUT2D eigenvalue weighted by Crippen LogP contribution is 2.30. The third kappa shape index (κ3) is 2.95. The molecule has 0 saturated carbocycles. The first-order valence-corrected chi connectivity index (χ1v) is 5.50. The Morgan fingerprint density at radius 2 is 1.94 bits per heavy atom. The summed E-state index contributed by atoms with van der Waals surface area (Å²) in [5.74, 6) is 0.381. The molecule has 0 radical (unpaired) electrons. The van der Waals surface area contributed by atoms with Crippen LogP contribution in [0.5, 0.6) is 5.75 Å². The SMILES string of the molecule is COc1cc(CC(C)O)cc(F)c1C(C)C. The van der Waals surface area contributed by atoms with Crippen molar-refractivity contribution >= 4 is 0 Å². The van der Waals surface area contributed by atoms with Crippen molar-refractivity contribution in [1.29, 1.82) is 0 Å². The van der Waals surface area contributed by atoms with E-state index in [1.54, 1.807) is 13.0 Å². The van der Waals surface area contributed by atoms with E-state index in [-0.39, 0.29) is 11.7 Å². The van der Waals surface area contributed by atoms with E-state index in [2.05, 4.69) is 0 Å². The van der Waals surface area contributed by atoms with Crippen LogP contribution in [0.4, 0.5) is 4.39 Å². The molecule has 2 nitrogen and oxygen atoms in total. The second-order valence-corrected chi connectivity index (χ2v) is 4.40. The summed E-state index contributed by atoms with van der Waals surface area (Å²) in [7, 11) is 1.53. The molecule has 1 atom stereocenters. The van der Waals surface area contributed by atoms with Gasteiger partial charge in [0.05, 0.1) is 13.2 Å². The zero-order valence-corrected chi connectivity index (χ0v) is 10.2. The Morgan fingerprint density at radius 1 is 1.31 bits per heavy atom. The van der Waals surface area contributed by atoms with E-state index in [1.165, 1.54) is 13.2 Å². The molecule has 0 saturated heterocycles. The zero-order chi connectivity index (χ0) is 12.3.